The molecule has 0 unspecified atom stereocenters. The van der Waals surface area contributed by atoms with E-state index in [1.165, 1.54) is 0 Å². The second kappa shape index (κ2) is 4.30. The summed E-state index contributed by atoms with van der Waals surface area (Å²) in [6.45, 7) is 2.09. The maximum Gasteiger partial charge on any atom is 0.309 e. The van der Waals surface area contributed by atoms with Crippen molar-refractivity contribution in [3.8, 4) is 0 Å². The molecule has 0 radical (unpaired) electrons. The second-order valence-electron chi connectivity index (χ2n) is 3.68. The third kappa shape index (κ3) is 2.18. The van der Waals surface area contributed by atoms with E-state index in [-0.39, 0.29) is 6.42 Å². The Morgan fingerprint density at radius 1 is 1.44 bits per heavy atom. The Morgan fingerprint density at radius 2 is 2.25 bits per heavy atom. The van der Waals surface area contributed by atoms with Crippen LogP contribution in [0.25, 0.3) is 5.65 Å². The van der Waals surface area contributed by atoms with E-state index in [1.807, 2.05) is 12.1 Å². The molecule has 0 fully saturated rings. The van der Waals surface area contributed by atoms with Crippen molar-refractivity contribution in [3.05, 3.63) is 29.7 Å². The van der Waals surface area contributed by atoms with Crippen molar-refractivity contribution in [3.63, 3.8) is 0 Å². The summed E-state index contributed by atoms with van der Waals surface area (Å²) in [5, 5.41) is 13.0. The first-order valence-electron chi connectivity index (χ1n) is 5.25. The minimum atomic E-state index is -0.878. The summed E-state index contributed by atoms with van der Waals surface area (Å²) < 4.78 is 1.64. The van der Waals surface area contributed by atoms with Gasteiger partial charge in [-0.3, -0.25) is 4.79 Å². The van der Waals surface area contributed by atoms with Crippen LogP contribution in [0.15, 0.2) is 18.3 Å². The van der Waals surface area contributed by atoms with E-state index in [0.717, 1.165) is 18.5 Å². The smallest absolute Gasteiger partial charge is 0.309 e. The Labute approximate surface area is 92.7 Å². The Balaban J connectivity index is 2.34. The molecule has 0 aliphatic rings. The number of aromatic nitrogens is 3. The fraction of sp³-hybridized carbons (Fsp3) is 0.364. The molecule has 2 rings (SSSR count). The lowest BCUT2D eigenvalue weighted by molar-refractivity contribution is -0.136. The molecule has 2 aromatic heterocycles. The number of hydrogen-bond donors (Lipinski definition) is 1. The molecular formula is C11H13N3O2. The first-order chi connectivity index (χ1) is 7.69. The molecule has 0 spiro atoms. The van der Waals surface area contributed by atoms with E-state index in [1.54, 1.807) is 10.7 Å². The quantitative estimate of drug-likeness (QED) is 0.841. The van der Waals surface area contributed by atoms with Crippen LogP contribution < -0.4 is 0 Å². The lowest BCUT2D eigenvalue weighted by atomic mass is 10.2. The maximum atomic E-state index is 10.5. The molecule has 0 amide bonds. The molecule has 2 heterocycles. The van der Waals surface area contributed by atoms with Crippen LogP contribution in [0.1, 0.15) is 24.7 Å². The lowest BCUT2D eigenvalue weighted by Gasteiger charge is -1.97. The number of imidazole rings is 1. The van der Waals surface area contributed by atoms with Gasteiger partial charge in [0.15, 0.2) is 5.65 Å². The Bertz CT molecular complexity index is 519. The molecule has 0 bridgehead atoms. The number of aliphatic carboxylic acids is 1. The zero-order valence-electron chi connectivity index (χ0n) is 9.05. The number of aryl methyl sites for hydroxylation is 1. The predicted octanol–water partition coefficient (Wildman–Crippen LogP) is 1.31. The van der Waals surface area contributed by atoms with Gasteiger partial charge in [0.2, 0.25) is 0 Å². The van der Waals surface area contributed by atoms with Crippen molar-refractivity contribution < 1.29 is 9.90 Å². The number of nitrogens with zero attached hydrogens (tertiary/aromatic N) is 3. The van der Waals surface area contributed by atoms with Gasteiger partial charge in [0.05, 0.1) is 24.0 Å². The molecule has 1 N–H and O–H groups in total. The van der Waals surface area contributed by atoms with Gasteiger partial charge in [0.25, 0.3) is 0 Å². The van der Waals surface area contributed by atoms with Gasteiger partial charge in [-0.2, -0.15) is 5.10 Å². The normalized spacial score (nSPS) is 10.8. The van der Waals surface area contributed by atoms with E-state index < -0.39 is 5.97 Å². The predicted molar refractivity (Wildman–Crippen MR) is 58.3 cm³/mol. The molecule has 0 aliphatic heterocycles. The van der Waals surface area contributed by atoms with Gasteiger partial charge in [0.1, 0.15) is 0 Å². The van der Waals surface area contributed by atoms with Crippen molar-refractivity contribution in [2.24, 2.45) is 0 Å². The minimum absolute atomic E-state index is 0.0630. The molecule has 5 nitrogen and oxygen atoms in total. The molecule has 0 atom stereocenters. The summed E-state index contributed by atoms with van der Waals surface area (Å²) >= 11 is 0. The van der Waals surface area contributed by atoms with E-state index in [2.05, 4.69) is 17.0 Å². The van der Waals surface area contributed by atoms with Crippen LogP contribution >= 0.6 is 0 Å². The van der Waals surface area contributed by atoms with Gasteiger partial charge < -0.3 is 5.11 Å². The van der Waals surface area contributed by atoms with E-state index >= 15 is 0 Å². The van der Waals surface area contributed by atoms with Crippen molar-refractivity contribution in [1.29, 1.82) is 0 Å². The molecule has 0 aliphatic carbocycles. The van der Waals surface area contributed by atoms with Crippen LogP contribution in [0.2, 0.25) is 0 Å². The van der Waals surface area contributed by atoms with E-state index in [4.69, 9.17) is 5.11 Å². The summed E-state index contributed by atoms with van der Waals surface area (Å²) in [6.07, 6.45) is 3.56. The van der Waals surface area contributed by atoms with Gasteiger partial charge in [-0.25, -0.2) is 9.50 Å². The fourth-order valence-corrected chi connectivity index (χ4v) is 1.60. The highest BCUT2D eigenvalue weighted by molar-refractivity contribution is 5.69. The van der Waals surface area contributed by atoms with E-state index in [9.17, 15) is 4.79 Å². The number of fused-ring (bicyclic) bond motifs is 1. The number of hydrogen-bond acceptors (Lipinski definition) is 3. The van der Waals surface area contributed by atoms with E-state index in [0.29, 0.717) is 11.3 Å². The fourth-order valence-electron chi connectivity index (χ4n) is 1.60. The molecule has 0 aromatic carbocycles. The maximum absolute atomic E-state index is 10.5. The third-order valence-corrected chi connectivity index (χ3v) is 2.26. The summed E-state index contributed by atoms with van der Waals surface area (Å²) in [7, 11) is 0. The number of carbonyl (C=O) groups is 1. The molecule has 5 heteroatoms. The zero-order chi connectivity index (χ0) is 11.5. The molecule has 16 heavy (non-hydrogen) atoms. The molecule has 84 valence electrons. The van der Waals surface area contributed by atoms with Crippen LogP contribution in [0, 0.1) is 0 Å². The van der Waals surface area contributed by atoms with Crippen LogP contribution in [0.4, 0.5) is 0 Å². The summed E-state index contributed by atoms with van der Waals surface area (Å²) in [6, 6.07) is 3.79. The Kier molecular flexibility index (Phi) is 2.85. The molecule has 0 saturated heterocycles. The van der Waals surface area contributed by atoms with Crippen LogP contribution in [-0.4, -0.2) is 25.7 Å². The summed E-state index contributed by atoms with van der Waals surface area (Å²) in [5.41, 5.74) is 2.22. The van der Waals surface area contributed by atoms with Crippen LogP contribution in [0.3, 0.4) is 0 Å². The standard InChI is InChI=1S/C11H13N3O2/c1-2-3-8-4-5-10-12-9(6-11(15)16)7-14(10)13-8/h4-5,7H,2-3,6H2,1H3,(H,15,16). The highest BCUT2D eigenvalue weighted by atomic mass is 16.4. The van der Waals surface area contributed by atoms with Crippen molar-refractivity contribution >= 4 is 11.6 Å². The topological polar surface area (TPSA) is 67.5 Å². The largest absolute Gasteiger partial charge is 0.481 e. The van der Waals surface area contributed by atoms with Crippen molar-refractivity contribution in [1.82, 2.24) is 14.6 Å². The summed E-state index contributed by atoms with van der Waals surface area (Å²) in [5.74, 6) is -0.878. The SMILES string of the molecule is CCCc1ccc2nc(CC(=O)O)cn2n1. The minimum Gasteiger partial charge on any atom is -0.481 e. The lowest BCUT2D eigenvalue weighted by Crippen LogP contribution is -1.99. The highest BCUT2D eigenvalue weighted by Crippen LogP contribution is 2.06. The monoisotopic (exact) mass is 219 g/mol. The van der Waals surface area contributed by atoms with Gasteiger partial charge in [-0.05, 0) is 18.6 Å². The van der Waals surface area contributed by atoms with Crippen molar-refractivity contribution in [2.45, 2.75) is 26.2 Å². The van der Waals surface area contributed by atoms with Crippen LogP contribution in [-0.2, 0) is 17.6 Å². The van der Waals surface area contributed by atoms with Gasteiger partial charge in [0, 0.05) is 0 Å². The van der Waals surface area contributed by atoms with Crippen molar-refractivity contribution in [2.75, 3.05) is 0 Å². The first kappa shape index (κ1) is 10.6. The Hall–Kier alpha value is -1.91. The average molecular weight is 219 g/mol. The molecule has 0 saturated carbocycles. The number of rotatable bonds is 4. The zero-order valence-corrected chi connectivity index (χ0v) is 9.05. The third-order valence-electron chi connectivity index (χ3n) is 2.26. The second-order valence-corrected chi connectivity index (χ2v) is 3.68. The first-order valence-corrected chi connectivity index (χ1v) is 5.25. The Morgan fingerprint density at radius 3 is 2.94 bits per heavy atom. The van der Waals surface area contributed by atoms with Gasteiger partial charge >= 0.3 is 5.97 Å². The van der Waals surface area contributed by atoms with Gasteiger partial charge in [-0.1, -0.05) is 13.3 Å². The molecule has 2 aromatic rings. The molecular weight excluding hydrogens is 206 g/mol. The van der Waals surface area contributed by atoms with Crippen LogP contribution in [0.5, 0.6) is 0 Å². The number of carboxylic acid groups (broad SMARTS) is 1. The highest BCUT2D eigenvalue weighted by Gasteiger charge is 2.06. The summed E-state index contributed by atoms with van der Waals surface area (Å²) in [4.78, 5) is 14.7. The average Bonchev–Trinajstić information content (AvgIpc) is 2.58. The number of carboxylic acids is 1. The van der Waals surface area contributed by atoms with Gasteiger partial charge in [-0.15, -0.1) is 0 Å².